The van der Waals surface area contributed by atoms with Gasteiger partial charge in [0.15, 0.2) is 0 Å². The molecule has 1 aromatic carbocycles. The number of benzene rings is 1. The molecule has 0 aliphatic heterocycles. The van der Waals surface area contributed by atoms with Crippen LogP contribution in [0.4, 0.5) is 0 Å². The first-order valence-corrected chi connectivity index (χ1v) is 7.22. The molecule has 0 saturated carbocycles. The van der Waals surface area contributed by atoms with Gasteiger partial charge in [0.2, 0.25) is 16.9 Å². The molecule has 0 fully saturated rings. The van der Waals surface area contributed by atoms with Crippen molar-refractivity contribution in [2.75, 3.05) is 18.8 Å². The Morgan fingerprint density at radius 1 is 0.952 bits per heavy atom. The van der Waals surface area contributed by atoms with Crippen LogP contribution in [-0.4, -0.2) is 41.6 Å². The number of carbonyl (C=O) groups excluding carboxylic acids is 4. The second-order valence-electron chi connectivity index (χ2n) is 4.20. The Morgan fingerprint density at radius 3 is 2.19 bits per heavy atom. The molecular formula is C14H16N2O4S. The molecule has 7 heteroatoms. The third-order valence-corrected chi connectivity index (χ3v) is 3.23. The molecule has 0 spiro atoms. The first-order chi connectivity index (χ1) is 9.99. The molecule has 0 aliphatic rings. The fourth-order valence-electron chi connectivity index (χ4n) is 1.30. The number of nitrogens with one attached hydrogen (secondary N) is 2. The molecule has 0 aromatic heterocycles. The molecule has 0 atom stereocenters. The number of Topliss-reactive ketones (excluding diaryl/α,β-unsaturated/α-hetero) is 1. The highest BCUT2D eigenvalue weighted by Gasteiger charge is 2.10. The number of hydrogen-bond acceptors (Lipinski definition) is 5. The van der Waals surface area contributed by atoms with Gasteiger partial charge in [0.05, 0.1) is 18.8 Å². The van der Waals surface area contributed by atoms with Gasteiger partial charge in [-0.1, -0.05) is 42.1 Å². The predicted molar refractivity (Wildman–Crippen MR) is 79.9 cm³/mol. The van der Waals surface area contributed by atoms with Crippen molar-refractivity contribution in [2.45, 2.75) is 6.92 Å². The largest absolute Gasteiger partial charge is 0.348 e. The lowest BCUT2D eigenvalue weighted by Crippen LogP contribution is -2.39. The average Bonchev–Trinajstić information content (AvgIpc) is 2.49. The number of rotatable bonds is 7. The maximum atomic E-state index is 11.7. The SMILES string of the molecule is CC(=O)CNC(=O)CNC(=O)CSC(=O)c1ccccc1. The molecular weight excluding hydrogens is 292 g/mol. The minimum atomic E-state index is -0.446. The van der Waals surface area contributed by atoms with E-state index >= 15 is 0 Å². The van der Waals surface area contributed by atoms with Crippen LogP contribution in [-0.2, 0) is 14.4 Å². The molecule has 1 rings (SSSR count). The Hall–Kier alpha value is -2.15. The van der Waals surface area contributed by atoms with E-state index in [4.69, 9.17) is 0 Å². The fraction of sp³-hybridized carbons (Fsp3) is 0.286. The van der Waals surface area contributed by atoms with Gasteiger partial charge in [0, 0.05) is 5.56 Å². The maximum Gasteiger partial charge on any atom is 0.239 e. The summed E-state index contributed by atoms with van der Waals surface area (Å²) in [5.41, 5.74) is 0.523. The van der Waals surface area contributed by atoms with Crippen LogP contribution in [0.2, 0.25) is 0 Å². The van der Waals surface area contributed by atoms with Crippen molar-refractivity contribution in [2.24, 2.45) is 0 Å². The second kappa shape index (κ2) is 8.91. The van der Waals surface area contributed by atoms with Crippen LogP contribution >= 0.6 is 11.8 Å². The van der Waals surface area contributed by atoms with Crippen LogP contribution in [0, 0.1) is 0 Å². The first kappa shape index (κ1) is 16.9. The molecule has 6 nitrogen and oxygen atoms in total. The zero-order chi connectivity index (χ0) is 15.7. The predicted octanol–water partition coefficient (Wildman–Crippen LogP) is 0.381. The molecule has 1 aromatic rings. The van der Waals surface area contributed by atoms with Crippen LogP contribution < -0.4 is 10.6 Å². The molecule has 2 amide bonds. The van der Waals surface area contributed by atoms with Gasteiger partial charge >= 0.3 is 0 Å². The lowest BCUT2D eigenvalue weighted by Gasteiger charge is -2.05. The van der Waals surface area contributed by atoms with Gasteiger partial charge in [-0.25, -0.2) is 0 Å². The highest BCUT2D eigenvalue weighted by atomic mass is 32.2. The maximum absolute atomic E-state index is 11.7. The van der Waals surface area contributed by atoms with Gasteiger partial charge in [0.25, 0.3) is 0 Å². The second-order valence-corrected chi connectivity index (χ2v) is 5.15. The summed E-state index contributed by atoms with van der Waals surface area (Å²) in [5, 5.41) is 4.53. The summed E-state index contributed by atoms with van der Waals surface area (Å²) >= 11 is 0.871. The topological polar surface area (TPSA) is 92.3 Å². The normalized spacial score (nSPS) is 9.76. The lowest BCUT2D eigenvalue weighted by atomic mass is 10.2. The number of carbonyl (C=O) groups is 4. The van der Waals surface area contributed by atoms with Crippen LogP contribution in [0.1, 0.15) is 17.3 Å². The Bertz CT molecular complexity index is 531. The van der Waals surface area contributed by atoms with Crippen molar-refractivity contribution in [3.8, 4) is 0 Å². The van der Waals surface area contributed by atoms with Crippen molar-refractivity contribution >= 4 is 34.5 Å². The van der Waals surface area contributed by atoms with E-state index in [0.717, 1.165) is 11.8 Å². The Kier molecular flexibility index (Phi) is 7.17. The summed E-state index contributed by atoms with van der Waals surface area (Å²) < 4.78 is 0. The van der Waals surface area contributed by atoms with E-state index in [9.17, 15) is 19.2 Å². The van der Waals surface area contributed by atoms with E-state index in [2.05, 4.69) is 10.6 Å². The fourth-order valence-corrected chi connectivity index (χ4v) is 1.97. The van der Waals surface area contributed by atoms with Gasteiger partial charge < -0.3 is 10.6 Å². The summed E-state index contributed by atoms with van der Waals surface area (Å²) in [4.78, 5) is 45.1. The lowest BCUT2D eigenvalue weighted by molar-refractivity contribution is -0.126. The summed E-state index contributed by atoms with van der Waals surface area (Å²) in [6, 6.07) is 8.62. The summed E-state index contributed by atoms with van der Waals surface area (Å²) in [6.45, 7) is 1.08. The van der Waals surface area contributed by atoms with E-state index in [-0.39, 0.29) is 29.7 Å². The molecule has 0 unspecified atom stereocenters. The number of thioether (sulfide) groups is 1. The Labute approximate surface area is 126 Å². The molecule has 112 valence electrons. The van der Waals surface area contributed by atoms with Crippen molar-refractivity contribution < 1.29 is 19.2 Å². The zero-order valence-electron chi connectivity index (χ0n) is 11.5. The molecule has 0 heterocycles. The van der Waals surface area contributed by atoms with Gasteiger partial charge in [-0.15, -0.1) is 0 Å². The standard InChI is InChI=1S/C14H16N2O4S/c1-10(17)7-15-12(18)8-16-13(19)9-21-14(20)11-5-3-2-4-6-11/h2-6H,7-9H2,1H3,(H,15,18)(H,16,19). The zero-order valence-corrected chi connectivity index (χ0v) is 12.4. The molecule has 0 aliphatic carbocycles. The van der Waals surface area contributed by atoms with Gasteiger partial charge in [0.1, 0.15) is 5.78 Å². The Balaban J connectivity index is 2.24. The third kappa shape index (κ3) is 7.26. The highest BCUT2D eigenvalue weighted by molar-refractivity contribution is 8.14. The minimum absolute atomic E-state index is 0.0596. The van der Waals surface area contributed by atoms with E-state index in [1.54, 1.807) is 30.3 Å². The summed E-state index contributed by atoms with van der Waals surface area (Å²) in [5.74, 6) is -1.09. The minimum Gasteiger partial charge on any atom is -0.348 e. The summed E-state index contributed by atoms with van der Waals surface area (Å²) in [7, 11) is 0. The van der Waals surface area contributed by atoms with Crippen LogP contribution in [0.25, 0.3) is 0 Å². The molecule has 0 bridgehead atoms. The smallest absolute Gasteiger partial charge is 0.239 e. The van der Waals surface area contributed by atoms with E-state index in [1.807, 2.05) is 0 Å². The molecule has 2 N–H and O–H groups in total. The van der Waals surface area contributed by atoms with Crippen LogP contribution in [0.15, 0.2) is 30.3 Å². The number of hydrogen-bond donors (Lipinski definition) is 2. The highest BCUT2D eigenvalue weighted by Crippen LogP contribution is 2.11. The van der Waals surface area contributed by atoms with Crippen molar-refractivity contribution in [1.29, 1.82) is 0 Å². The number of amides is 2. The van der Waals surface area contributed by atoms with Gasteiger partial charge in [-0.3, -0.25) is 19.2 Å². The monoisotopic (exact) mass is 308 g/mol. The quantitative estimate of drug-likeness (QED) is 0.760. The van der Waals surface area contributed by atoms with Gasteiger partial charge in [-0.2, -0.15) is 0 Å². The Morgan fingerprint density at radius 2 is 1.57 bits per heavy atom. The van der Waals surface area contributed by atoms with Crippen molar-refractivity contribution in [3.05, 3.63) is 35.9 Å². The average molecular weight is 308 g/mol. The third-order valence-electron chi connectivity index (χ3n) is 2.32. The molecule has 0 radical (unpaired) electrons. The molecule has 0 saturated heterocycles. The van der Waals surface area contributed by atoms with E-state index in [0.29, 0.717) is 5.56 Å². The summed E-state index contributed by atoms with van der Waals surface area (Å²) in [6.07, 6.45) is 0. The van der Waals surface area contributed by atoms with Gasteiger partial charge in [-0.05, 0) is 6.92 Å². The number of ketones is 1. The van der Waals surface area contributed by atoms with E-state index < -0.39 is 11.8 Å². The van der Waals surface area contributed by atoms with Crippen LogP contribution in [0.3, 0.4) is 0 Å². The van der Waals surface area contributed by atoms with Crippen molar-refractivity contribution in [1.82, 2.24) is 10.6 Å². The van der Waals surface area contributed by atoms with Crippen molar-refractivity contribution in [3.63, 3.8) is 0 Å². The van der Waals surface area contributed by atoms with Crippen LogP contribution in [0.5, 0.6) is 0 Å². The van der Waals surface area contributed by atoms with E-state index in [1.165, 1.54) is 6.92 Å². The first-order valence-electron chi connectivity index (χ1n) is 6.24. The molecule has 21 heavy (non-hydrogen) atoms.